The number of thioether (sulfide) groups is 1. The molecule has 0 bridgehead atoms. The maximum Gasteiger partial charge on any atom is 0.235 e. The zero-order valence-electron chi connectivity index (χ0n) is 15.6. The molecule has 1 N–H and O–H groups in total. The standard InChI is InChI=1S/C21H22ClN3OS/c1-21(2,3)18-13-19(25(24-18)16-7-5-4-6-8-16)23-20(26)14-27-17-11-9-15(22)10-12-17/h4-13H,14H2,1-3H3,(H,23,26). The number of aromatic nitrogens is 2. The molecule has 0 atom stereocenters. The fraction of sp³-hybridized carbons (Fsp3) is 0.238. The second kappa shape index (κ2) is 8.19. The smallest absolute Gasteiger partial charge is 0.235 e. The van der Waals surface area contributed by atoms with Crippen molar-refractivity contribution in [1.82, 2.24) is 9.78 Å². The first-order valence-electron chi connectivity index (χ1n) is 8.67. The first kappa shape index (κ1) is 19.5. The van der Waals surface area contributed by atoms with Crippen LogP contribution < -0.4 is 5.32 Å². The number of halogens is 1. The van der Waals surface area contributed by atoms with Gasteiger partial charge in [0, 0.05) is 21.4 Å². The lowest BCUT2D eigenvalue weighted by Gasteiger charge is -2.14. The van der Waals surface area contributed by atoms with Crippen LogP contribution in [-0.4, -0.2) is 21.4 Å². The van der Waals surface area contributed by atoms with Gasteiger partial charge in [0.2, 0.25) is 5.91 Å². The van der Waals surface area contributed by atoms with Gasteiger partial charge in [-0.2, -0.15) is 5.10 Å². The molecule has 0 radical (unpaired) electrons. The van der Waals surface area contributed by atoms with E-state index in [-0.39, 0.29) is 11.3 Å². The second-order valence-corrected chi connectivity index (χ2v) is 8.69. The van der Waals surface area contributed by atoms with Gasteiger partial charge in [-0.15, -0.1) is 11.8 Å². The zero-order valence-corrected chi connectivity index (χ0v) is 17.1. The summed E-state index contributed by atoms with van der Waals surface area (Å²) in [6, 6.07) is 19.2. The van der Waals surface area contributed by atoms with Crippen LogP contribution in [0.5, 0.6) is 0 Å². The van der Waals surface area contributed by atoms with E-state index in [4.69, 9.17) is 16.7 Å². The molecule has 6 heteroatoms. The van der Waals surface area contributed by atoms with Gasteiger partial charge in [-0.05, 0) is 36.4 Å². The van der Waals surface area contributed by atoms with Crippen LogP contribution in [0.2, 0.25) is 5.02 Å². The average Bonchev–Trinajstić information content (AvgIpc) is 3.06. The highest BCUT2D eigenvalue weighted by Gasteiger charge is 2.21. The van der Waals surface area contributed by atoms with Crippen LogP contribution in [-0.2, 0) is 10.2 Å². The van der Waals surface area contributed by atoms with Gasteiger partial charge in [0.25, 0.3) is 0 Å². The lowest BCUT2D eigenvalue weighted by atomic mass is 9.92. The van der Waals surface area contributed by atoms with Crippen molar-refractivity contribution in [2.24, 2.45) is 0 Å². The molecule has 0 aliphatic heterocycles. The van der Waals surface area contributed by atoms with Gasteiger partial charge in [-0.25, -0.2) is 4.68 Å². The van der Waals surface area contributed by atoms with Gasteiger partial charge >= 0.3 is 0 Å². The maximum absolute atomic E-state index is 12.5. The fourth-order valence-electron chi connectivity index (χ4n) is 2.46. The second-order valence-electron chi connectivity index (χ2n) is 7.20. The highest BCUT2D eigenvalue weighted by molar-refractivity contribution is 8.00. The quantitative estimate of drug-likeness (QED) is 0.572. The highest BCUT2D eigenvalue weighted by atomic mass is 35.5. The Labute approximate surface area is 168 Å². The molecule has 140 valence electrons. The first-order chi connectivity index (χ1) is 12.8. The average molecular weight is 400 g/mol. The largest absolute Gasteiger partial charge is 0.310 e. The highest BCUT2D eigenvalue weighted by Crippen LogP contribution is 2.27. The van der Waals surface area contributed by atoms with Gasteiger partial charge < -0.3 is 5.32 Å². The summed E-state index contributed by atoms with van der Waals surface area (Å²) >= 11 is 7.37. The minimum atomic E-state index is -0.114. The molecular formula is C21H22ClN3OS. The third kappa shape index (κ3) is 5.15. The number of hydrogen-bond donors (Lipinski definition) is 1. The van der Waals surface area contributed by atoms with Gasteiger partial charge in [0.1, 0.15) is 5.82 Å². The molecule has 0 saturated heterocycles. The van der Waals surface area contributed by atoms with E-state index in [1.807, 2.05) is 60.7 Å². The molecule has 0 spiro atoms. The summed E-state index contributed by atoms with van der Waals surface area (Å²) in [6.07, 6.45) is 0. The van der Waals surface area contributed by atoms with E-state index in [0.717, 1.165) is 16.3 Å². The monoisotopic (exact) mass is 399 g/mol. The number of benzene rings is 2. The summed E-state index contributed by atoms with van der Waals surface area (Å²) in [5.41, 5.74) is 1.72. The minimum absolute atomic E-state index is 0.0764. The number of amides is 1. The van der Waals surface area contributed by atoms with Gasteiger partial charge in [0.05, 0.1) is 17.1 Å². The molecule has 4 nitrogen and oxygen atoms in total. The molecular weight excluding hydrogens is 378 g/mol. The Kier molecular flexibility index (Phi) is 5.92. The number of nitrogens with zero attached hydrogens (tertiary/aromatic N) is 2. The Morgan fingerprint density at radius 1 is 1.11 bits per heavy atom. The molecule has 1 amide bonds. The van der Waals surface area contributed by atoms with E-state index in [1.54, 1.807) is 4.68 Å². The molecule has 0 saturated carbocycles. The molecule has 0 unspecified atom stereocenters. The predicted molar refractivity (Wildman–Crippen MR) is 113 cm³/mol. The van der Waals surface area contributed by atoms with Gasteiger partial charge in [0.15, 0.2) is 0 Å². The van der Waals surface area contributed by atoms with E-state index in [1.165, 1.54) is 11.8 Å². The van der Waals surface area contributed by atoms with Crippen LogP contribution in [0.3, 0.4) is 0 Å². The molecule has 1 heterocycles. The Morgan fingerprint density at radius 3 is 2.41 bits per heavy atom. The van der Waals surface area contributed by atoms with Crippen LogP contribution in [0, 0.1) is 0 Å². The van der Waals surface area contributed by atoms with E-state index in [0.29, 0.717) is 16.6 Å². The molecule has 0 aliphatic rings. The molecule has 27 heavy (non-hydrogen) atoms. The van der Waals surface area contributed by atoms with Crippen molar-refractivity contribution in [1.29, 1.82) is 0 Å². The van der Waals surface area contributed by atoms with Crippen molar-refractivity contribution < 1.29 is 4.79 Å². The van der Waals surface area contributed by atoms with Gasteiger partial charge in [-0.1, -0.05) is 50.6 Å². The van der Waals surface area contributed by atoms with Crippen molar-refractivity contribution >= 4 is 35.1 Å². The topological polar surface area (TPSA) is 46.9 Å². The summed E-state index contributed by atoms with van der Waals surface area (Å²) in [4.78, 5) is 13.5. The Bertz CT molecular complexity index is 915. The van der Waals surface area contributed by atoms with Crippen molar-refractivity contribution in [3.05, 3.63) is 71.4 Å². The molecule has 3 aromatic rings. The van der Waals surface area contributed by atoms with Crippen molar-refractivity contribution in [2.75, 3.05) is 11.1 Å². The number of carbonyl (C=O) groups is 1. The fourth-order valence-corrected chi connectivity index (χ4v) is 3.29. The Balaban J connectivity index is 1.77. The van der Waals surface area contributed by atoms with E-state index in [9.17, 15) is 4.79 Å². The molecule has 2 aromatic carbocycles. The maximum atomic E-state index is 12.5. The normalized spacial score (nSPS) is 11.4. The third-order valence-corrected chi connectivity index (χ3v) is 5.19. The lowest BCUT2D eigenvalue weighted by molar-refractivity contribution is -0.113. The number of nitrogens with one attached hydrogen (secondary N) is 1. The van der Waals surface area contributed by atoms with E-state index < -0.39 is 0 Å². The third-order valence-electron chi connectivity index (χ3n) is 3.93. The summed E-state index contributed by atoms with van der Waals surface area (Å²) in [5, 5.41) is 8.40. The van der Waals surface area contributed by atoms with Crippen LogP contribution in [0.25, 0.3) is 5.69 Å². The number of para-hydroxylation sites is 1. The minimum Gasteiger partial charge on any atom is -0.310 e. The summed E-state index contributed by atoms with van der Waals surface area (Å²) in [5.74, 6) is 0.909. The number of carbonyl (C=O) groups excluding carboxylic acids is 1. The van der Waals surface area contributed by atoms with Crippen LogP contribution in [0.1, 0.15) is 26.5 Å². The SMILES string of the molecule is CC(C)(C)c1cc(NC(=O)CSc2ccc(Cl)cc2)n(-c2ccccc2)n1. The van der Waals surface area contributed by atoms with E-state index in [2.05, 4.69) is 26.1 Å². The number of rotatable bonds is 5. The summed E-state index contributed by atoms with van der Waals surface area (Å²) < 4.78 is 1.78. The summed E-state index contributed by atoms with van der Waals surface area (Å²) in [6.45, 7) is 6.31. The Hall–Kier alpha value is -2.24. The van der Waals surface area contributed by atoms with Crippen LogP contribution in [0.15, 0.2) is 65.6 Å². The number of hydrogen-bond acceptors (Lipinski definition) is 3. The van der Waals surface area contributed by atoms with Crippen molar-refractivity contribution in [3.8, 4) is 5.69 Å². The number of anilines is 1. The molecule has 0 fully saturated rings. The van der Waals surface area contributed by atoms with E-state index >= 15 is 0 Å². The first-order valence-corrected chi connectivity index (χ1v) is 10.0. The molecule has 1 aromatic heterocycles. The lowest BCUT2D eigenvalue weighted by Crippen LogP contribution is -2.16. The molecule has 3 rings (SSSR count). The van der Waals surface area contributed by atoms with Crippen LogP contribution in [0.4, 0.5) is 5.82 Å². The van der Waals surface area contributed by atoms with Crippen LogP contribution >= 0.6 is 23.4 Å². The van der Waals surface area contributed by atoms with Crippen molar-refractivity contribution in [2.45, 2.75) is 31.1 Å². The van der Waals surface area contributed by atoms with Crippen molar-refractivity contribution in [3.63, 3.8) is 0 Å². The Morgan fingerprint density at radius 2 is 1.78 bits per heavy atom. The predicted octanol–water partition coefficient (Wildman–Crippen LogP) is 5.55. The molecule has 0 aliphatic carbocycles. The summed E-state index contributed by atoms with van der Waals surface area (Å²) in [7, 11) is 0. The van der Waals surface area contributed by atoms with Gasteiger partial charge in [-0.3, -0.25) is 4.79 Å². The zero-order chi connectivity index (χ0) is 19.4.